The molecule has 0 radical (unpaired) electrons. The number of methoxy groups -OCH3 is 3. The normalized spacial score (nSPS) is 10.8. The zero-order valence-corrected chi connectivity index (χ0v) is 24.0. The van der Waals surface area contributed by atoms with Crippen molar-refractivity contribution in [1.82, 2.24) is 0 Å². The molecule has 39 heavy (non-hydrogen) atoms. The summed E-state index contributed by atoms with van der Waals surface area (Å²) in [6.07, 6.45) is 8.17. The maximum absolute atomic E-state index is 13.4. The SMILES string of the molecule is COCOc1ccc(C=CC(=O)c2c(OCOC)cc(OCOC)c(CC=C(C)C)c2O)cc1CC=C(C)C. The fraction of sp³-hybridized carbons (Fsp3) is 0.387. The second-order valence-electron chi connectivity index (χ2n) is 9.26. The van der Waals surface area contributed by atoms with Crippen LogP contribution in [-0.2, 0) is 27.1 Å². The number of rotatable bonds is 16. The molecule has 0 spiro atoms. The van der Waals surface area contributed by atoms with Crippen molar-refractivity contribution in [2.24, 2.45) is 0 Å². The predicted octanol–water partition coefficient (Wildman–Crippen LogP) is 6.25. The van der Waals surface area contributed by atoms with E-state index in [-0.39, 0.29) is 37.4 Å². The minimum Gasteiger partial charge on any atom is -0.507 e. The van der Waals surface area contributed by atoms with Crippen LogP contribution in [0.15, 0.2) is 53.6 Å². The van der Waals surface area contributed by atoms with Crippen LogP contribution in [0.5, 0.6) is 23.0 Å². The number of allylic oxidation sites excluding steroid dienone is 5. The van der Waals surface area contributed by atoms with Crippen LogP contribution >= 0.6 is 0 Å². The number of benzene rings is 2. The topological polar surface area (TPSA) is 92.7 Å². The summed E-state index contributed by atoms with van der Waals surface area (Å²) in [6, 6.07) is 7.23. The Morgan fingerprint density at radius 3 is 1.92 bits per heavy atom. The van der Waals surface area contributed by atoms with Gasteiger partial charge in [0.15, 0.2) is 26.2 Å². The zero-order chi connectivity index (χ0) is 28.8. The third-order valence-electron chi connectivity index (χ3n) is 5.53. The van der Waals surface area contributed by atoms with Crippen molar-refractivity contribution in [3.8, 4) is 23.0 Å². The van der Waals surface area contributed by atoms with Crippen molar-refractivity contribution < 1.29 is 38.3 Å². The molecule has 0 fully saturated rings. The summed E-state index contributed by atoms with van der Waals surface area (Å²) < 4.78 is 32.2. The van der Waals surface area contributed by atoms with Gasteiger partial charge in [-0.2, -0.15) is 0 Å². The van der Waals surface area contributed by atoms with Gasteiger partial charge in [-0.05, 0) is 69.9 Å². The largest absolute Gasteiger partial charge is 0.507 e. The molecule has 0 saturated heterocycles. The van der Waals surface area contributed by atoms with Gasteiger partial charge >= 0.3 is 0 Å². The lowest BCUT2D eigenvalue weighted by Crippen LogP contribution is -2.09. The molecule has 0 amide bonds. The fourth-order valence-electron chi connectivity index (χ4n) is 3.59. The second-order valence-corrected chi connectivity index (χ2v) is 9.26. The molecule has 0 aliphatic rings. The Labute approximate surface area is 231 Å². The molecule has 0 saturated carbocycles. The summed E-state index contributed by atoms with van der Waals surface area (Å²) in [4.78, 5) is 13.4. The van der Waals surface area contributed by atoms with Gasteiger partial charge in [0.25, 0.3) is 0 Å². The average Bonchev–Trinajstić information content (AvgIpc) is 2.90. The minimum atomic E-state index is -0.430. The van der Waals surface area contributed by atoms with Crippen LogP contribution in [0.2, 0.25) is 0 Å². The number of phenols is 1. The van der Waals surface area contributed by atoms with Crippen LogP contribution in [0.25, 0.3) is 6.08 Å². The first-order valence-corrected chi connectivity index (χ1v) is 12.6. The summed E-state index contributed by atoms with van der Waals surface area (Å²) in [7, 11) is 4.54. The van der Waals surface area contributed by atoms with E-state index in [4.69, 9.17) is 28.4 Å². The number of phenolic OH excluding ortho intramolecular Hbond substituents is 1. The smallest absolute Gasteiger partial charge is 0.193 e. The van der Waals surface area contributed by atoms with Crippen LogP contribution in [0.4, 0.5) is 0 Å². The van der Waals surface area contributed by atoms with Crippen LogP contribution in [0.1, 0.15) is 54.7 Å². The Balaban J connectivity index is 2.51. The van der Waals surface area contributed by atoms with E-state index in [1.807, 2.05) is 52.0 Å². The standard InChI is InChI=1S/C31H40O8/c1-21(2)8-12-24-16-23(11-15-27(24)37-18-34-5)10-14-26(32)30-29(39-20-36-7)17-28(38-19-35-6)25(31(30)33)13-9-22(3)4/h8-11,14-17,33H,12-13,18-20H2,1-7H3. The summed E-state index contributed by atoms with van der Waals surface area (Å²) in [6.45, 7) is 7.97. The summed E-state index contributed by atoms with van der Waals surface area (Å²) in [5.41, 5.74) is 4.48. The first-order valence-electron chi connectivity index (χ1n) is 12.6. The van der Waals surface area contributed by atoms with Gasteiger partial charge in [-0.15, -0.1) is 0 Å². The van der Waals surface area contributed by atoms with E-state index >= 15 is 0 Å². The fourth-order valence-corrected chi connectivity index (χ4v) is 3.59. The van der Waals surface area contributed by atoms with Crippen molar-refractivity contribution in [3.05, 3.63) is 75.9 Å². The number of ether oxygens (including phenoxy) is 6. The molecule has 0 aliphatic carbocycles. The van der Waals surface area contributed by atoms with Gasteiger partial charge in [-0.3, -0.25) is 4.79 Å². The molecule has 212 valence electrons. The number of ketones is 1. The molecule has 0 aliphatic heterocycles. The molecule has 0 bridgehead atoms. The van der Waals surface area contributed by atoms with Crippen molar-refractivity contribution in [2.75, 3.05) is 41.7 Å². The van der Waals surface area contributed by atoms with Gasteiger partial charge in [0.05, 0.1) is 0 Å². The van der Waals surface area contributed by atoms with Gasteiger partial charge in [0, 0.05) is 33.0 Å². The van der Waals surface area contributed by atoms with E-state index in [2.05, 4.69) is 6.08 Å². The molecule has 0 heterocycles. The highest BCUT2D eigenvalue weighted by Gasteiger charge is 2.23. The molecular weight excluding hydrogens is 500 g/mol. The number of aromatic hydroxyl groups is 1. The van der Waals surface area contributed by atoms with Crippen LogP contribution < -0.4 is 14.2 Å². The molecule has 8 nitrogen and oxygen atoms in total. The third-order valence-corrected chi connectivity index (χ3v) is 5.53. The minimum absolute atomic E-state index is 0.0232. The molecule has 8 heteroatoms. The van der Waals surface area contributed by atoms with Gasteiger partial charge < -0.3 is 33.5 Å². The number of hydrogen-bond acceptors (Lipinski definition) is 8. The Morgan fingerprint density at radius 1 is 0.769 bits per heavy atom. The zero-order valence-electron chi connectivity index (χ0n) is 24.0. The van der Waals surface area contributed by atoms with E-state index in [1.165, 1.54) is 25.9 Å². The molecule has 2 aromatic rings. The third kappa shape index (κ3) is 9.90. The summed E-state index contributed by atoms with van der Waals surface area (Å²) >= 11 is 0. The number of carbonyl (C=O) groups excluding carboxylic acids is 1. The average molecular weight is 541 g/mol. The van der Waals surface area contributed by atoms with Crippen molar-refractivity contribution >= 4 is 11.9 Å². The first-order chi connectivity index (χ1) is 18.7. The van der Waals surface area contributed by atoms with Crippen molar-refractivity contribution in [2.45, 2.75) is 40.5 Å². The Hall–Kier alpha value is -3.59. The lowest BCUT2D eigenvalue weighted by Gasteiger charge is -2.18. The molecule has 2 rings (SSSR count). The highest BCUT2D eigenvalue weighted by molar-refractivity contribution is 6.11. The van der Waals surface area contributed by atoms with E-state index in [0.717, 1.165) is 16.7 Å². The maximum atomic E-state index is 13.4. The second kappa shape index (κ2) is 16.4. The number of carbonyl (C=O) groups is 1. The lowest BCUT2D eigenvalue weighted by atomic mass is 9.98. The number of hydrogen-bond donors (Lipinski definition) is 1. The van der Waals surface area contributed by atoms with E-state index < -0.39 is 5.78 Å². The van der Waals surface area contributed by atoms with E-state index in [9.17, 15) is 9.90 Å². The van der Waals surface area contributed by atoms with Crippen LogP contribution in [-0.4, -0.2) is 52.6 Å². The Bertz CT molecular complexity index is 1190. The Morgan fingerprint density at radius 2 is 1.33 bits per heavy atom. The van der Waals surface area contributed by atoms with Crippen molar-refractivity contribution in [3.63, 3.8) is 0 Å². The molecule has 0 atom stereocenters. The lowest BCUT2D eigenvalue weighted by molar-refractivity contribution is 0.0449. The summed E-state index contributed by atoms with van der Waals surface area (Å²) in [5.74, 6) is 0.564. The van der Waals surface area contributed by atoms with E-state index in [1.54, 1.807) is 19.3 Å². The van der Waals surface area contributed by atoms with Gasteiger partial charge in [0.1, 0.15) is 28.6 Å². The highest BCUT2D eigenvalue weighted by Crippen LogP contribution is 2.40. The van der Waals surface area contributed by atoms with Crippen LogP contribution in [0, 0.1) is 0 Å². The quantitative estimate of drug-likeness (QED) is 0.116. The molecular formula is C31H40O8. The predicted molar refractivity (Wildman–Crippen MR) is 152 cm³/mol. The molecule has 2 aromatic carbocycles. The monoisotopic (exact) mass is 540 g/mol. The van der Waals surface area contributed by atoms with Gasteiger partial charge in [0.2, 0.25) is 0 Å². The molecule has 0 unspecified atom stereocenters. The molecule has 0 aromatic heterocycles. The first kappa shape index (κ1) is 31.6. The molecule has 1 N–H and O–H groups in total. The Kier molecular flexibility index (Phi) is 13.3. The van der Waals surface area contributed by atoms with E-state index in [0.29, 0.717) is 29.9 Å². The highest BCUT2D eigenvalue weighted by atomic mass is 16.7. The van der Waals surface area contributed by atoms with Gasteiger partial charge in [-0.25, -0.2) is 0 Å². The maximum Gasteiger partial charge on any atom is 0.193 e. The van der Waals surface area contributed by atoms with Crippen molar-refractivity contribution in [1.29, 1.82) is 0 Å². The van der Waals surface area contributed by atoms with Gasteiger partial charge in [-0.1, -0.05) is 35.4 Å². The summed E-state index contributed by atoms with van der Waals surface area (Å²) in [5, 5.41) is 11.3. The van der Waals surface area contributed by atoms with Crippen LogP contribution in [0.3, 0.4) is 0 Å².